The van der Waals surface area contributed by atoms with Crippen molar-refractivity contribution in [3.63, 3.8) is 0 Å². The van der Waals surface area contributed by atoms with Gasteiger partial charge in [-0.15, -0.1) is 0 Å². The van der Waals surface area contributed by atoms with E-state index in [1.165, 1.54) is 0 Å². The minimum atomic E-state index is -0.885. The topological polar surface area (TPSA) is 83.8 Å². The van der Waals surface area contributed by atoms with Crippen LogP contribution in [0.4, 0.5) is 20.2 Å². The molecule has 1 amide bonds. The Hall–Kier alpha value is -1.96. The molecular formula is C12H11BrF2N4O. The molecule has 0 spiro atoms. The summed E-state index contributed by atoms with van der Waals surface area (Å²) in [5.41, 5.74) is 6.39. The van der Waals surface area contributed by atoms with Gasteiger partial charge < -0.3 is 11.1 Å². The second kappa shape index (κ2) is 5.58. The molecule has 1 aromatic heterocycles. The lowest BCUT2D eigenvalue weighted by atomic mass is 10.2. The van der Waals surface area contributed by atoms with Gasteiger partial charge in [0.2, 0.25) is 0 Å². The molecule has 0 aliphatic carbocycles. The van der Waals surface area contributed by atoms with Crippen molar-refractivity contribution in [1.82, 2.24) is 10.2 Å². The van der Waals surface area contributed by atoms with Gasteiger partial charge in [-0.25, -0.2) is 8.78 Å². The molecule has 0 unspecified atom stereocenters. The Balaban J connectivity index is 2.28. The fraction of sp³-hybridized carbons (Fsp3) is 0.167. The maximum absolute atomic E-state index is 13.5. The van der Waals surface area contributed by atoms with Crippen molar-refractivity contribution in [3.05, 3.63) is 39.6 Å². The third-order valence-electron chi connectivity index (χ3n) is 2.71. The molecule has 2 aromatic rings. The quantitative estimate of drug-likeness (QED) is 0.748. The van der Waals surface area contributed by atoms with Crippen LogP contribution in [-0.2, 0) is 6.42 Å². The zero-order chi connectivity index (χ0) is 14.9. The minimum Gasteiger partial charge on any atom is -0.395 e. The van der Waals surface area contributed by atoms with Gasteiger partial charge in [0.25, 0.3) is 5.91 Å². The number of hydrogen-bond donors (Lipinski definition) is 3. The molecule has 4 N–H and O–H groups in total. The monoisotopic (exact) mass is 344 g/mol. The molecule has 0 aliphatic rings. The zero-order valence-electron chi connectivity index (χ0n) is 10.4. The van der Waals surface area contributed by atoms with E-state index in [1.54, 1.807) is 0 Å². The maximum atomic E-state index is 13.5. The predicted octanol–water partition coefficient (Wildman–Crippen LogP) is 2.85. The second-order valence-corrected chi connectivity index (χ2v) is 4.87. The van der Waals surface area contributed by atoms with Crippen molar-refractivity contribution in [2.75, 3.05) is 11.1 Å². The summed E-state index contributed by atoms with van der Waals surface area (Å²) >= 11 is 2.92. The largest absolute Gasteiger partial charge is 0.395 e. The number of H-pyrrole nitrogens is 1. The normalized spacial score (nSPS) is 10.6. The minimum absolute atomic E-state index is 0.0262. The van der Waals surface area contributed by atoms with E-state index in [2.05, 4.69) is 31.4 Å². The van der Waals surface area contributed by atoms with Gasteiger partial charge in [0.15, 0.2) is 5.69 Å². The first-order chi connectivity index (χ1) is 9.43. The number of hydrogen-bond acceptors (Lipinski definition) is 3. The van der Waals surface area contributed by atoms with E-state index in [0.717, 1.165) is 6.07 Å². The summed E-state index contributed by atoms with van der Waals surface area (Å²) in [7, 11) is 0. The number of aromatic nitrogens is 2. The highest BCUT2D eigenvalue weighted by molar-refractivity contribution is 9.10. The Kier molecular flexibility index (Phi) is 4.03. The number of carbonyl (C=O) groups excluding carboxylic acids is 1. The number of nitrogens with one attached hydrogen (secondary N) is 2. The molecule has 106 valence electrons. The molecule has 1 aromatic carbocycles. The van der Waals surface area contributed by atoms with Crippen molar-refractivity contribution >= 4 is 33.2 Å². The smallest absolute Gasteiger partial charge is 0.278 e. The first kappa shape index (κ1) is 14.4. The van der Waals surface area contributed by atoms with Gasteiger partial charge in [-0.05, 0) is 28.4 Å². The Bertz CT molecular complexity index is 672. The van der Waals surface area contributed by atoms with Gasteiger partial charge in [0.05, 0.1) is 21.5 Å². The summed E-state index contributed by atoms with van der Waals surface area (Å²) in [4.78, 5) is 12.0. The molecule has 0 bridgehead atoms. The van der Waals surface area contributed by atoms with Crippen LogP contribution < -0.4 is 11.1 Å². The summed E-state index contributed by atoms with van der Waals surface area (Å²) < 4.78 is 26.7. The number of rotatable bonds is 3. The maximum Gasteiger partial charge on any atom is 0.278 e. The molecule has 0 aliphatic heterocycles. The van der Waals surface area contributed by atoms with Crippen LogP contribution in [0.1, 0.15) is 23.1 Å². The fourth-order valence-electron chi connectivity index (χ4n) is 1.63. The lowest BCUT2D eigenvalue weighted by molar-refractivity contribution is 0.102. The average molecular weight is 345 g/mol. The van der Waals surface area contributed by atoms with Crippen molar-refractivity contribution in [3.8, 4) is 0 Å². The van der Waals surface area contributed by atoms with E-state index in [-0.39, 0.29) is 21.5 Å². The van der Waals surface area contributed by atoms with Gasteiger partial charge in [-0.1, -0.05) is 6.92 Å². The van der Waals surface area contributed by atoms with Crippen molar-refractivity contribution in [2.24, 2.45) is 0 Å². The number of benzene rings is 1. The number of amides is 1. The zero-order valence-corrected chi connectivity index (χ0v) is 12.0. The Labute approximate surface area is 121 Å². The van der Waals surface area contributed by atoms with E-state index in [4.69, 9.17) is 5.73 Å². The number of carbonyl (C=O) groups is 1. The third-order valence-corrected chi connectivity index (χ3v) is 3.32. The van der Waals surface area contributed by atoms with Crippen LogP contribution >= 0.6 is 15.9 Å². The molecule has 0 atom stereocenters. The SMILES string of the molecule is CCc1[nH]nc(C(=O)Nc2cc(Br)c(F)cc2F)c1N. The number of anilines is 2. The van der Waals surface area contributed by atoms with Gasteiger partial charge in [0.1, 0.15) is 11.6 Å². The summed E-state index contributed by atoms with van der Waals surface area (Å²) in [6.07, 6.45) is 0.586. The molecule has 0 saturated heterocycles. The standard InChI is InChI=1S/C12H11BrF2N4O/c1-2-8-10(16)11(19-18-8)12(20)17-9-3-5(13)6(14)4-7(9)15/h3-4H,2,16H2,1H3,(H,17,20)(H,18,19). The van der Waals surface area contributed by atoms with E-state index in [1.807, 2.05) is 6.92 Å². The first-order valence-electron chi connectivity index (χ1n) is 5.72. The molecule has 8 heteroatoms. The van der Waals surface area contributed by atoms with Crippen molar-refractivity contribution < 1.29 is 13.6 Å². The van der Waals surface area contributed by atoms with Gasteiger partial charge in [-0.3, -0.25) is 9.89 Å². The van der Waals surface area contributed by atoms with Crippen LogP contribution in [0.25, 0.3) is 0 Å². The van der Waals surface area contributed by atoms with Crippen LogP contribution in [0, 0.1) is 11.6 Å². The van der Waals surface area contributed by atoms with E-state index in [9.17, 15) is 13.6 Å². The second-order valence-electron chi connectivity index (χ2n) is 4.02. The van der Waals surface area contributed by atoms with Gasteiger partial charge >= 0.3 is 0 Å². The lowest BCUT2D eigenvalue weighted by Gasteiger charge is -2.06. The summed E-state index contributed by atoms with van der Waals surface area (Å²) in [5, 5.41) is 8.71. The lowest BCUT2D eigenvalue weighted by Crippen LogP contribution is -2.15. The summed E-state index contributed by atoms with van der Waals surface area (Å²) in [6.45, 7) is 1.85. The van der Waals surface area contributed by atoms with Crippen molar-refractivity contribution in [2.45, 2.75) is 13.3 Å². The van der Waals surface area contributed by atoms with Crippen LogP contribution in [0.5, 0.6) is 0 Å². The fourth-order valence-corrected chi connectivity index (χ4v) is 1.97. The predicted molar refractivity (Wildman–Crippen MR) is 74.4 cm³/mol. The molecule has 0 saturated carbocycles. The molecule has 0 fully saturated rings. The Morgan fingerprint density at radius 3 is 2.75 bits per heavy atom. The van der Waals surface area contributed by atoms with E-state index < -0.39 is 17.5 Å². The summed E-state index contributed by atoms with van der Waals surface area (Å²) in [6, 6.07) is 1.80. The van der Waals surface area contributed by atoms with Crippen LogP contribution in [0.15, 0.2) is 16.6 Å². The number of aryl methyl sites for hydroxylation is 1. The van der Waals surface area contributed by atoms with Crippen LogP contribution in [0.3, 0.4) is 0 Å². The molecule has 20 heavy (non-hydrogen) atoms. The molecule has 0 radical (unpaired) electrons. The molecule has 2 rings (SSSR count). The Morgan fingerprint density at radius 1 is 1.45 bits per heavy atom. The molecule has 5 nitrogen and oxygen atoms in total. The number of nitrogens with two attached hydrogens (primary N) is 1. The van der Waals surface area contributed by atoms with E-state index >= 15 is 0 Å². The van der Waals surface area contributed by atoms with Gasteiger partial charge in [0, 0.05) is 6.07 Å². The highest BCUT2D eigenvalue weighted by Gasteiger charge is 2.18. The third kappa shape index (κ3) is 2.64. The first-order valence-corrected chi connectivity index (χ1v) is 6.52. The van der Waals surface area contributed by atoms with Crippen LogP contribution in [-0.4, -0.2) is 16.1 Å². The van der Waals surface area contributed by atoms with E-state index in [0.29, 0.717) is 18.2 Å². The number of aromatic amines is 1. The number of nitrogen functional groups attached to an aromatic ring is 1. The summed E-state index contributed by atoms with van der Waals surface area (Å²) in [5.74, 6) is -2.31. The molecule has 1 heterocycles. The van der Waals surface area contributed by atoms with Crippen LogP contribution in [0.2, 0.25) is 0 Å². The van der Waals surface area contributed by atoms with Gasteiger partial charge in [-0.2, -0.15) is 5.10 Å². The number of nitrogens with zero attached hydrogens (tertiary/aromatic N) is 1. The molecular weight excluding hydrogens is 334 g/mol. The number of halogens is 3. The van der Waals surface area contributed by atoms with Crippen molar-refractivity contribution in [1.29, 1.82) is 0 Å². The average Bonchev–Trinajstić information content (AvgIpc) is 2.77. The Morgan fingerprint density at radius 2 is 2.15 bits per heavy atom. The highest BCUT2D eigenvalue weighted by atomic mass is 79.9. The highest BCUT2D eigenvalue weighted by Crippen LogP contribution is 2.24.